The molecule has 0 unspecified atom stereocenters. The number of hydrogen-bond acceptors (Lipinski definition) is 3. The molecule has 1 aliphatic carbocycles. The Morgan fingerprint density at radius 2 is 0.971 bits per heavy atom. The van der Waals surface area contributed by atoms with Crippen molar-refractivity contribution >= 4 is 54.4 Å². The Bertz CT molecular complexity index is 3910. The molecule has 1 aliphatic rings. The highest BCUT2D eigenvalue weighted by atomic mass is 15.2. The van der Waals surface area contributed by atoms with Gasteiger partial charge in [-0.15, -0.1) is 0 Å². The third-order valence-corrected chi connectivity index (χ3v) is 14.8. The monoisotopic (exact) mass is 875 g/mol. The van der Waals surface area contributed by atoms with Crippen molar-refractivity contribution in [2.24, 2.45) is 0 Å². The van der Waals surface area contributed by atoms with Crippen LogP contribution in [0.25, 0.3) is 111 Å². The number of para-hydroxylation sites is 1. The lowest BCUT2D eigenvalue weighted by Gasteiger charge is -2.43. The van der Waals surface area contributed by atoms with E-state index in [9.17, 15) is 0 Å². The average Bonchev–Trinajstić information content (AvgIpc) is 3.89. The molecule has 13 rings (SSSR count). The maximum absolute atomic E-state index is 5.26. The van der Waals surface area contributed by atoms with Gasteiger partial charge in [0.1, 0.15) is 0 Å². The minimum absolute atomic E-state index is 0.0890. The van der Waals surface area contributed by atoms with Gasteiger partial charge in [-0.1, -0.05) is 191 Å². The highest BCUT2D eigenvalue weighted by Crippen LogP contribution is 2.50. The first kappa shape index (κ1) is 40.2. The minimum Gasteiger partial charge on any atom is -0.309 e. The van der Waals surface area contributed by atoms with Crippen molar-refractivity contribution in [3.05, 3.63) is 211 Å². The minimum atomic E-state index is 0.0890. The second-order valence-electron chi connectivity index (χ2n) is 19.9. The number of aromatic nitrogens is 5. The van der Waals surface area contributed by atoms with E-state index in [1.807, 2.05) is 36.4 Å². The Hall–Kier alpha value is -8.15. The molecule has 12 aromatic rings. The first-order valence-corrected chi connectivity index (χ1v) is 23.8. The molecule has 0 fully saturated rings. The molecule has 0 saturated heterocycles. The molecule has 0 saturated carbocycles. The molecular formula is C63H49N5. The number of hydrogen-bond donors (Lipinski definition) is 0. The first-order valence-electron chi connectivity index (χ1n) is 23.8. The summed E-state index contributed by atoms with van der Waals surface area (Å²) in [5.74, 6) is 1.83. The van der Waals surface area contributed by atoms with Crippen molar-refractivity contribution in [1.82, 2.24) is 24.1 Å². The summed E-state index contributed by atoms with van der Waals surface area (Å²) in [4.78, 5) is 15.6. The molecule has 0 spiro atoms. The number of nitrogens with zero attached hydrogens (tertiary/aromatic N) is 5. The summed E-state index contributed by atoms with van der Waals surface area (Å²) in [6, 6.07) is 72.4. The van der Waals surface area contributed by atoms with Gasteiger partial charge in [0, 0.05) is 43.7 Å². The van der Waals surface area contributed by atoms with Gasteiger partial charge in [-0.2, -0.15) is 9.97 Å². The number of fused-ring (bicyclic) bond motifs is 9. The zero-order valence-corrected chi connectivity index (χ0v) is 38.7. The van der Waals surface area contributed by atoms with Crippen molar-refractivity contribution in [2.45, 2.75) is 51.4 Å². The lowest BCUT2D eigenvalue weighted by molar-refractivity contribution is 0.333. The molecule has 0 radical (unpaired) electrons. The van der Waals surface area contributed by atoms with Crippen LogP contribution in [0.5, 0.6) is 0 Å². The van der Waals surface area contributed by atoms with Crippen LogP contribution >= 0.6 is 0 Å². The molecule has 5 heteroatoms. The number of rotatable bonds is 6. The summed E-state index contributed by atoms with van der Waals surface area (Å²) in [6.07, 6.45) is 2.36. The largest absolute Gasteiger partial charge is 0.309 e. The van der Waals surface area contributed by atoms with E-state index in [1.54, 1.807) is 0 Å². The predicted octanol–water partition coefficient (Wildman–Crippen LogP) is 16.2. The van der Waals surface area contributed by atoms with E-state index < -0.39 is 0 Å². The molecule has 5 nitrogen and oxygen atoms in total. The summed E-state index contributed by atoms with van der Waals surface area (Å²) < 4.78 is 4.72. The van der Waals surface area contributed by atoms with Crippen molar-refractivity contribution in [3.8, 4) is 56.7 Å². The van der Waals surface area contributed by atoms with Gasteiger partial charge >= 0.3 is 0 Å². The van der Waals surface area contributed by atoms with Gasteiger partial charge in [-0.25, -0.2) is 4.98 Å². The Labute approximate surface area is 396 Å². The van der Waals surface area contributed by atoms with Gasteiger partial charge in [0.2, 0.25) is 5.95 Å². The molecular weight excluding hydrogens is 827 g/mol. The predicted molar refractivity (Wildman–Crippen MR) is 283 cm³/mol. The topological polar surface area (TPSA) is 48.5 Å². The van der Waals surface area contributed by atoms with Crippen LogP contribution in [-0.4, -0.2) is 24.1 Å². The van der Waals surface area contributed by atoms with Crippen molar-refractivity contribution in [1.29, 1.82) is 0 Å². The van der Waals surface area contributed by atoms with E-state index in [4.69, 9.17) is 15.0 Å². The van der Waals surface area contributed by atoms with Crippen LogP contribution in [0.3, 0.4) is 0 Å². The SMILES string of the molecule is CC1(C)CCC(C)(C)c2c(-c3cccc(-c4cccc(-n5c6cc7c(cc6c6ccc8ccccc8c65)c5ccccc5n7-c5nc(-c6ccccc6)nc(-c6ccccc6)n5)c4)c3)cccc21. The summed E-state index contributed by atoms with van der Waals surface area (Å²) in [7, 11) is 0. The van der Waals surface area contributed by atoms with Crippen LogP contribution in [-0.2, 0) is 10.8 Å². The van der Waals surface area contributed by atoms with Crippen LogP contribution in [0.2, 0.25) is 0 Å². The van der Waals surface area contributed by atoms with Crippen molar-refractivity contribution < 1.29 is 0 Å². The Morgan fingerprint density at radius 3 is 1.74 bits per heavy atom. The van der Waals surface area contributed by atoms with E-state index >= 15 is 0 Å². The molecule has 0 N–H and O–H groups in total. The normalized spacial score (nSPS) is 14.3. The molecule has 0 atom stereocenters. The molecule has 326 valence electrons. The van der Waals surface area contributed by atoms with Gasteiger partial charge in [-0.3, -0.25) is 4.57 Å². The molecule has 3 aromatic heterocycles. The summed E-state index contributed by atoms with van der Waals surface area (Å²) in [5, 5.41) is 7.10. The van der Waals surface area contributed by atoms with Crippen LogP contribution < -0.4 is 0 Å². The zero-order valence-electron chi connectivity index (χ0n) is 38.7. The highest BCUT2D eigenvalue weighted by molar-refractivity contribution is 6.23. The molecule has 0 aliphatic heterocycles. The lowest BCUT2D eigenvalue weighted by atomic mass is 9.61. The third kappa shape index (κ3) is 6.33. The van der Waals surface area contributed by atoms with Crippen LogP contribution in [0.1, 0.15) is 51.7 Å². The zero-order chi connectivity index (χ0) is 45.7. The molecule has 9 aromatic carbocycles. The van der Waals surface area contributed by atoms with E-state index in [2.05, 4.69) is 201 Å². The summed E-state index contributed by atoms with van der Waals surface area (Å²) in [6.45, 7) is 9.67. The fourth-order valence-electron chi connectivity index (χ4n) is 11.3. The fraction of sp³-hybridized carbons (Fsp3) is 0.127. The Kier molecular flexibility index (Phi) is 8.97. The van der Waals surface area contributed by atoms with Crippen LogP contribution in [0.4, 0.5) is 0 Å². The summed E-state index contributed by atoms with van der Waals surface area (Å²) in [5.41, 5.74) is 15.5. The van der Waals surface area contributed by atoms with Gasteiger partial charge < -0.3 is 4.57 Å². The van der Waals surface area contributed by atoms with E-state index in [-0.39, 0.29) is 10.8 Å². The molecule has 3 heterocycles. The van der Waals surface area contributed by atoms with Gasteiger partial charge in [0.05, 0.1) is 22.1 Å². The molecule has 68 heavy (non-hydrogen) atoms. The van der Waals surface area contributed by atoms with E-state index in [0.29, 0.717) is 17.6 Å². The first-order chi connectivity index (χ1) is 33.2. The second-order valence-corrected chi connectivity index (χ2v) is 19.9. The summed E-state index contributed by atoms with van der Waals surface area (Å²) >= 11 is 0. The van der Waals surface area contributed by atoms with Gasteiger partial charge in [0.25, 0.3) is 0 Å². The van der Waals surface area contributed by atoms with Gasteiger partial charge in [-0.05, 0) is 98.8 Å². The lowest BCUT2D eigenvalue weighted by Crippen LogP contribution is -2.34. The Morgan fingerprint density at radius 1 is 0.382 bits per heavy atom. The van der Waals surface area contributed by atoms with E-state index in [1.165, 1.54) is 73.3 Å². The van der Waals surface area contributed by atoms with E-state index in [0.717, 1.165) is 44.1 Å². The Balaban J connectivity index is 1.05. The van der Waals surface area contributed by atoms with Gasteiger partial charge in [0.15, 0.2) is 11.6 Å². The highest BCUT2D eigenvalue weighted by Gasteiger charge is 2.38. The second kappa shape index (κ2) is 15.2. The van der Waals surface area contributed by atoms with Crippen molar-refractivity contribution in [2.75, 3.05) is 0 Å². The van der Waals surface area contributed by atoms with Crippen LogP contribution in [0, 0.1) is 0 Å². The smallest absolute Gasteiger partial charge is 0.238 e. The maximum atomic E-state index is 5.26. The number of benzene rings is 9. The van der Waals surface area contributed by atoms with Crippen molar-refractivity contribution in [3.63, 3.8) is 0 Å². The maximum Gasteiger partial charge on any atom is 0.238 e. The standard InChI is InChI=1S/C63H49N5/c1-62(2)34-35-63(3,4)57-47(29-17-30-53(57)62)45-25-15-23-43(36-45)44-24-16-26-46(37-44)67-55-39-56-51(38-52(55)50-33-32-40-18-11-12-27-48(40)58(50)67)49-28-13-14-31-54(49)68(56)61-65-59(41-19-7-5-8-20-41)64-60(66-61)42-21-9-6-10-22-42/h5-33,36-39H,34-35H2,1-4H3. The molecule has 0 amide bonds. The quantitative estimate of drug-likeness (QED) is 0.167. The molecule has 0 bridgehead atoms. The fourth-order valence-corrected chi connectivity index (χ4v) is 11.3. The average molecular weight is 876 g/mol. The van der Waals surface area contributed by atoms with Crippen LogP contribution in [0.15, 0.2) is 200 Å². The third-order valence-electron chi connectivity index (χ3n) is 14.8.